The van der Waals surface area contributed by atoms with Gasteiger partial charge in [-0.15, -0.1) is 0 Å². The molecule has 0 aromatic heterocycles. The van der Waals surface area contributed by atoms with Gasteiger partial charge < -0.3 is 25.0 Å². The van der Waals surface area contributed by atoms with Crippen LogP contribution in [-0.4, -0.2) is 71.9 Å². The predicted octanol–water partition coefficient (Wildman–Crippen LogP) is 2.83. The van der Waals surface area contributed by atoms with Gasteiger partial charge in [-0.3, -0.25) is 14.4 Å². The molecule has 1 aliphatic carbocycles. The van der Waals surface area contributed by atoms with Crippen molar-refractivity contribution in [2.45, 2.75) is 105 Å². The van der Waals surface area contributed by atoms with Crippen molar-refractivity contribution in [3.63, 3.8) is 0 Å². The van der Waals surface area contributed by atoms with Gasteiger partial charge in [0.25, 0.3) is 5.78 Å². The zero-order chi connectivity index (χ0) is 28.3. The summed E-state index contributed by atoms with van der Waals surface area (Å²) in [7, 11) is 1.13. The number of carbonyl (C=O) groups is 5. The molecule has 1 saturated carbocycles. The maximum atomic E-state index is 13.9. The minimum atomic E-state index is -1.00. The van der Waals surface area contributed by atoms with Crippen molar-refractivity contribution in [2.24, 2.45) is 23.2 Å². The lowest BCUT2D eigenvalue weighted by atomic mass is 9.84. The fourth-order valence-electron chi connectivity index (χ4n) is 4.76. The Morgan fingerprint density at radius 3 is 2.00 bits per heavy atom. The van der Waals surface area contributed by atoms with Crippen molar-refractivity contribution < 1.29 is 33.4 Å². The fourth-order valence-corrected chi connectivity index (χ4v) is 4.76. The van der Waals surface area contributed by atoms with Gasteiger partial charge in [-0.1, -0.05) is 47.5 Å². The van der Waals surface area contributed by atoms with Crippen LogP contribution in [0.1, 0.15) is 81.1 Å². The number of rotatable bonds is 9. The van der Waals surface area contributed by atoms with E-state index in [0.29, 0.717) is 19.4 Å². The summed E-state index contributed by atoms with van der Waals surface area (Å²) in [5, 5.41) is 5.48. The molecule has 2 rings (SSSR count). The molecule has 10 nitrogen and oxygen atoms in total. The second-order valence-electron chi connectivity index (χ2n) is 12.7. The van der Waals surface area contributed by atoms with Gasteiger partial charge in [0.1, 0.15) is 17.7 Å². The van der Waals surface area contributed by atoms with Gasteiger partial charge in [0.15, 0.2) is 0 Å². The molecule has 10 heteroatoms. The number of hydrogen-bond donors (Lipinski definition) is 2. The van der Waals surface area contributed by atoms with E-state index >= 15 is 0 Å². The molecular weight excluding hydrogens is 478 g/mol. The lowest BCUT2D eigenvalue weighted by Gasteiger charge is -2.37. The first-order valence-corrected chi connectivity index (χ1v) is 13.2. The van der Waals surface area contributed by atoms with Crippen molar-refractivity contribution in [1.82, 2.24) is 15.5 Å². The number of amides is 3. The van der Waals surface area contributed by atoms with Crippen molar-refractivity contribution in [3.05, 3.63) is 0 Å². The van der Waals surface area contributed by atoms with Crippen LogP contribution in [0.5, 0.6) is 0 Å². The SMILES string of the molecule is COC(=O)C(=O)C(CC1CC1)NC(=O)[C@@H]1[C@@H](C(C)C)CCN1C(=O)C(NC(=O)OC(C)(C)C)C(C)(C)C. The van der Waals surface area contributed by atoms with Crippen molar-refractivity contribution in [3.8, 4) is 0 Å². The van der Waals surface area contributed by atoms with Crippen LogP contribution >= 0.6 is 0 Å². The zero-order valence-corrected chi connectivity index (χ0v) is 23.8. The number of nitrogens with one attached hydrogen (secondary N) is 2. The van der Waals surface area contributed by atoms with Crippen LogP contribution < -0.4 is 10.6 Å². The van der Waals surface area contributed by atoms with E-state index in [2.05, 4.69) is 15.4 Å². The first-order chi connectivity index (χ1) is 17.0. The van der Waals surface area contributed by atoms with E-state index in [9.17, 15) is 24.0 Å². The standard InChI is InChI=1S/C27H45N3O7/c1-15(2)17-12-13-30(23(33)21(26(3,4)5)29-25(35)37-27(6,7)8)19(17)22(32)28-18(14-16-10-11-16)20(31)24(34)36-9/h15-19,21H,10-14H2,1-9H3,(H,28,32)(H,29,35)/t17-,18?,19+,21?/m1/s1. The summed E-state index contributed by atoms with van der Waals surface area (Å²) < 4.78 is 9.99. The molecule has 2 unspecified atom stereocenters. The number of methoxy groups -OCH3 is 1. The van der Waals surface area contributed by atoms with Crippen LogP contribution in [0, 0.1) is 23.2 Å². The predicted molar refractivity (Wildman–Crippen MR) is 137 cm³/mol. The average Bonchev–Trinajstić information content (AvgIpc) is 3.46. The highest BCUT2D eigenvalue weighted by Crippen LogP contribution is 2.35. The van der Waals surface area contributed by atoms with E-state index in [0.717, 1.165) is 20.0 Å². The first-order valence-electron chi connectivity index (χ1n) is 13.2. The Morgan fingerprint density at radius 2 is 1.54 bits per heavy atom. The summed E-state index contributed by atoms with van der Waals surface area (Å²) in [4.78, 5) is 66.2. The molecule has 0 radical (unpaired) electrons. The molecule has 4 atom stereocenters. The third kappa shape index (κ3) is 8.43. The van der Waals surface area contributed by atoms with Crippen LogP contribution in [-0.2, 0) is 28.7 Å². The number of nitrogens with zero attached hydrogens (tertiary/aromatic N) is 1. The number of Topliss-reactive ketones (excluding diaryl/α,β-unsaturated/α-hetero) is 1. The van der Waals surface area contributed by atoms with Gasteiger partial charge in [-0.2, -0.15) is 0 Å². The van der Waals surface area contributed by atoms with E-state index in [4.69, 9.17) is 4.74 Å². The van der Waals surface area contributed by atoms with Crippen molar-refractivity contribution in [1.29, 1.82) is 0 Å². The summed E-state index contributed by atoms with van der Waals surface area (Å²) in [5.41, 5.74) is -1.41. The van der Waals surface area contributed by atoms with Gasteiger partial charge in [-0.05, 0) is 56.8 Å². The van der Waals surface area contributed by atoms with Gasteiger partial charge in [0.05, 0.1) is 13.2 Å². The number of alkyl carbamates (subject to hydrolysis) is 1. The highest BCUT2D eigenvalue weighted by molar-refractivity contribution is 6.36. The number of carbonyl (C=O) groups excluding carboxylic acids is 5. The van der Waals surface area contributed by atoms with E-state index < -0.39 is 52.9 Å². The smallest absolute Gasteiger partial charge is 0.408 e. The molecule has 2 fully saturated rings. The molecule has 0 spiro atoms. The summed E-state index contributed by atoms with van der Waals surface area (Å²) in [6.07, 6.45) is 2.12. The van der Waals surface area contributed by atoms with E-state index in [1.54, 1.807) is 20.8 Å². The van der Waals surface area contributed by atoms with Crippen LogP contribution in [0.2, 0.25) is 0 Å². The van der Waals surface area contributed by atoms with Gasteiger partial charge in [0.2, 0.25) is 11.8 Å². The Balaban J connectivity index is 2.32. The quantitative estimate of drug-likeness (QED) is 0.351. The molecule has 0 bridgehead atoms. The summed E-state index contributed by atoms with van der Waals surface area (Å²) in [6.45, 7) is 15.0. The fraction of sp³-hybridized carbons (Fsp3) is 0.815. The van der Waals surface area contributed by atoms with Gasteiger partial charge in [0, 0.05) is 6.54 Å². The zero-order valence-electron chi connectivity index (χ0n) is 23.8. The highest BCUT2D eigenvalue weighted by Gasteiger charge is 2.48. The molecule has 37 heavy (non-hydrogen) atoms. The maximum Gasteiger partial charge on any atom is 0.408 e. The molecule has 210 valence electrons. The summed E-state index contributed by atoms with van der Waals surface area (Å²) in [5.74, 6) is -2.46. The molecule has 1 aliphatic heterocycles. The molecule has 3 amide bonds. The monoisotopic (exact) mass is 523 g/mol. The van der Waals surface area contributed by atoms with Gasteiger partial charge >= 0.3 is 12.1 Å². The van der Waals surface area contributed by atoms with Crippen molar-refractivity contribution in [2.75, 3.05) is 13.7 Å². The normalized spacial score (nSPS) is 21.7. The lowest BCUT2D eigenvalue weighted by Crippen LogP contribution is -2.60. The van der Waals surface area contributed by atoms with Crippen LogP contribution in [0.3, 0.4) is 0 Å². The van der Waals surface area contributed by atoms with E-state index in [1.165, 1.54) is 4.90 Å². The highest BCUT2D eigenvalue weighted by atomic mass is 16.6. The number of ketones is 1. The molecule has 0 aromatic carbocycles. The Morgan fingerprint density at radius 1 is 0.946 bits per heavy atom. The second-order valence-corrected chi connectivity index (χ2v) is 12.7. The van der Waals surface area contributed by atoms with E-state index in [-0.39, 0.29) is 23.7 Å². The number of esters is 1. The summed E-state index contributed by atoms with van der Waals surface area (Å²) in [6, 6.07) is -2.79. The van der Waals surface area contributed by atoms with Crippen LogP contribution in [0.4, 0.5) is 4.79 Å². The van der Waals surface area contributed by atoms with Crippen LogP contribution in [0.25, 0.3) is 0 Å². The molecule has 1 saturated heterocycles. The minimum absolute atomic E-state index is 0.0821. The minimum Gasteiger partial charge on any atom is -0.463 e. The topological polar surface area (TPSA) is 131 Å². The third-order valence-corrected chi connectivity index (χ3v) is 6.91. The van der Waals surface area contributed by atoms with Gasteiger partial charge in [-0.25, -0.2) is 9.59 Å². The molecule has 1 heterocycles. The lowest BCUT2D eigenvalue weighted by molar-refractivity contribution is -0.153. The number of hydrogen-bond acceptors (Lipinski definition) is 7. The Labute approximate surface area is 220 Å². The second kappa shape index (κ2) is 11.8. The molecule has 2 aliphatic rings. The van der Waals surface area contributed by atoms with Crippen LogP contribution in [0.15, 0.2) is 0 Å². The molecule has 2 N–H and O–H groups in total. The first kappa shape index (κ1) is 30.6. The Hall–Kier alpha value is -2.65. The number of likely N-dealkylation sites (tertiary alicyclic amines) is 1. The largest absolute Gasteiger partial charge is 0.463 e. The van der Waals surface area contributed by atoms with E-state index in [1.807, 2.05) is 34.6 Å². The average molecular weight is 524 g/mol. The summed E-state index contributed by atoms with van der Waals surface area (Å²) >= 11 is 0. The Kier molecular flexibility index (Phi) is 9.76. The maximum absolute atomic E-state index is 13.9. The number of ether oxygens (including phenoxy) is 2. The molecule has 0 aromatic rings. The third-order valence-electron chi connectivity index (χ3n) is 6.91. The van der Waals surface area contributed by atoms with Crippen molar-refractivity contribution >= 4 is 29.7 Å². The Bertz CT molecular complexity index is 883. The molecular formula is C27H45N3O7.